The van der Waals surface area contributed by atoms with Crippen LogP contribution in [0.4, 0.5) is 11.5 Å². The normalized spacial score (nSPS) is 19.0. The van der Waals surface area contributed by atoms with Crippen LogP contribution in [0, 0.1) is 11.3 Å². The molecular formula is C22H25N5O3S. The van der Waals surface area contributed by atoms with Crippen molar-refractivity contribution in [2.45, 2.75) is 25.8 Å². The van der Waals surface area contributed by atoms with Crippen LogP contribution in [0.2, 0.25) is 0 Å². The van der Waals surface area contributed by atoms with Gasteiger partial charge in [0.25, 0.3) is 5.91 Å². The third-order valence-corrected chi connectivity index (χ3v) is 7.10. The molecule has 31 heavy (non-hydrogen) atoms. The number of pyridine rings is 1. The fourth-order valence-electron chi connectivity index (χ4n) is 4.49. The number of nitrogens with zero attached hydrogens (tertiary/aromatic N) is 5. The molecule has 4 rings (SSSR count). The predicted octanol–water partition coefficient (Wildman–Crippen LogP) is 2.02. The summed E-state index contributed by atoms with van der Waals surface area (Å²) in [6.07, 6.45) is 4.25. The molecule has 1 aromatic carbocycles. The van der Waals surface area contributed by atoms with Crippen LogP contribution in [0.5, 0.6) is 0 Å². The number of aromatic nitrogens is 1. The summed E-state index contributed by atoms with van der Waals surface area (Å²) in [5, 5.41) is 9.35. The Labute approximate surface area is 182 Å². The zero-order chi connectivity index (χ0) is 22.2. The van der Waals surface area contributed by atoms with Gasteiger partial charge in [0.2, 0.25) is 10.0 Å². The molecule has 2 aromatic rings. The summed E-state index contributed by atoms with van der Waals surface area (Å²) in [6.45, 7) is 4.34. The summed E-state index contributed by atoms with van der Waals surface area (Å²) in [7, 11) is -3.36. The molecule has 9 heteroatoms. The van der Waals surface area contributed by atoms with Gasteiger partial charge in [-0.15, -0.1) is 0 Å². The van der Waals surface area contributed by atoms with Crippen LogP contribution < -0.4 is 9.21 Å². The van der Waals surface area contributed by atoms with Crippen LogP contribution in [0.1, 0.15) is 34.8 Å². The number of benzene rings is 1. The van der Waals surface area contributed by atoms with E-state index in [4.69, 9.17) is 0 Å². The average molecular weight is 440 g/mol. The Bertz CT molecular complexity index is 1160. The number of hydrogen-bond donors (Lipinski definition) is 0. The van der Waals surface area contributed by atoms with E-state index in [0.29, 0.717) is 48.7 Å². The molecule has 1 fully saturated rings. The van der Waals surface area contributed by atoms with Crippen molar-refractivity contribution >= 4 is 27.4 Å². The van der Waals surface area contributed by atoms with Gasteiger partial charge < -0.3 is 9.80 Å². The highest BCUT2D eigenvalue weighted by atomic mass is 32.2. The lowest BCUT2D eigenvalue weighted by atomic mass is 10.1. The summed E-state index contributed by atoms with van der Waals surface area (Å²) in [4.78, 5) is 21.4. The average Bonchev–Trinajstić information content (AvgIpc) is 2.91. The van der Waals surface area contributed by atoms with E-state index in [2.05, 4.69) is 16.0 Å². The van der Waals surface area contributed by atoms with Crippen LogP contribution in [0.15, 0.2) is 36.5 Å². The first-order chi connectivity index (χ1) is 14.8. The molecule has 0 radical (unpaired) electrons. The molecule has 1 saturated heterocycles. The van der Waals surface area contributed by atoms with E-state index in [-0.39, 0.29) is 11.9 Å². The lowest BCUT2D eigenvalue weighted by Gasteiger charge is -2.24. The zero-order valence-electron chi connectivity index (χ0n) is 17.7. The van der Waals surface area contributed by atoms with Crippen molar-refractivity contribution in [3.05, 3.63) is 53.2 Å². The minimum atomic E-state index is -3.36. The highest BCUT2D eigenvalue weighted by Crippen LogP contribution is 2.35. The Morgan fingerprint density at radius 3 is 2.74 bits per heavy atom. The Kier molecular flexibility index (Phi) is 5.58. The molecule has 162 valence electrons. The second-order valence-electron chi connectivity index (χ2n) is 8.07. The summed E-state index contributed by atoms with van der Waals surface area (Å²) >= 11 is 0. The molecule has 1 atom stereocenters. The molecule has 8 nitrogen and oxygen atoms in total. The van der Waals surface area contributed by atoms with Crippen molar-refractivity contribution in [1.82, 2.24) is 9.88 Å². The van der Waals surface area contributed by atoms with Gasteiger partial charge in [-0.05, 0) is 55.7 Å². The van der Waals surface area contributed by atoms with Gasteiger partial charge in [0.05, 0.1) is 17.5 Å². The second-order valence-corrected chi connectivity index (χ2v) is 9.93. The van der Waals surface area contributed by atoms with Crippen LogP contribution in [-0.4, -0.2) is 62.7 Å². The van der Waals surface area contributed by atoms with Crippen molar-refractivity contribution in [2.75, 3.05) is 41.6 Å². The summed E-state index contributed by atoms with van der Waals surface area (Å²) in [5.74, 6) is 0.600. The maximum atomic E-state index is 13.2. The lowest BCUT2D eigenvalue weighted by Crippen LogP contribution is -2.35. The van der Waals surface area contributed by atoms with E-state index in [0.717, 1.165) is 18.5 Å². The molecule has 3 heterocycles. The van der Waals surface area contributed by atoms with Crippen molar-refractivity contribution in [3.63, 3.8) is 0 Å². The quantitative estimate of drug-likeness (QED) is 0.726. The molecule has 0 aliphatic carbocycles. The first-order valence-corrected chi connectivity index (χ1v) is 12.2. The third-order valence-electron chi connectivity index (χ3n) is 5.83. The van der Waals surface area contributed by atoms with Gasteiger partial charge in [-0.3, -0.25) is 9.10 Å². The smallest absolute Gasteiger partial charge is 0.253 e. The van der Waals surface area contributed by atoms with Gasteiger partial charge in [-0.2, -0.15) is 5.26 Å². The van der Waals surface area contributed by atoms with Crippen LogP contribution >= 0.6 is 0 Å². The van der Waals surface area contributed by atoms with E-state index < -0.39 is 10.0 Å². The van der Waals surface area contributed by atoms with Gasteiger partial charge in [-0.1, -0.05) is 0 Å². The minimum absolute atomic E-state index is 0.0587. The standard InChI is InChI=1S/C22H25N5O3S/c1-16-13-19-14-17(6-7-20(19)27(16)31(2,29)30)22(28)26-10-4-9-25(11-12-26)21-18(15-23)5-3-8-24-21/h3,5-8,14,16H,4,9-13H2,1-2H3. The summed E-state index contributed by atoms with van der Waals surface area (Å²) in [6, 6.07) is 10.8. The molecule has 1 unspecified atom stereocenters. The monoisotopic (exact) mass is 439 g/mol. The van der Waals surface area contributed by atoms with Gasteiger partial charge in [0.15, 0.2) is 0 Å². The highest BCUT2D eigenvalue weighted by molar-refractivity contribution is 7.92. The number of sulfonamides is 1. The fraction of sp³-hybridized carbons (Fsp3) is 0.409. The lowest BCUT2D eigenvalue weighted by molar-refractivity contribution is 0.0767. The number of rotatable bonds is 3. The fourth-order valence-corrected chi connectivity index (χ4v) is 5.76. The second kappa shape index (κ2) is 8.19. The zero-order valence-corrected chi connectivity index (χ0v) is 18.5. The third kappa shape index (κ3) is 4.08. The van der Waals surface area contributed by atoms with Crippen molar-refractivity contribution in [1.29, 1.82) is 5.26 Å². The van der Waals surface area contributed by atoms with Gasteiger partial charge in [0.1, 0.15) is 11.9 Å². The van der Waals surface area contributed by atoms with Crippen molar-refractivity contribution < 1.29 is 13.2 Å². The molecule has 0 bridgehead atoms. The summed E-state index contributed by atoms with van der Waals surface area (Å²) in [5.41, 5.74) is 2.65. The highest BCUT2D eigenvalue weighted by Gasteiger charge is 2.33. The molecule has 0 spiro atoms. The number of carbonyl (C=O) groups is 1. The van der Waals surface area contributed by atoms with Crippen molar-refractivity contribution in [2.24, 2.45) is 0 Å². The maximum Gasteiger partial charge on any atom is 0.253 e. The number of anilines is 2. The maximum absolute atomic E-state index is 13.2. The van der Waals surface area contributed by atoms with E-state index in [1.54, 1.807) is 30.5 Å². The molecule has 0 N–H and O–H groups in total. The van der Waals surface area contributed by atoms with Crippen LogP contribution in [0.3, 0.4) is 0 Å². The van der Waals surface area contributed by atoms with Crippen molar-refractivity contribution in [3.8, 4) is 6.07 Å². The van der Waals surface area contributed by atoms with Gasteiger partial charge in [0, 0.05) is 44.0 Å². The van der Waals surface area contributed by atoms with Gasteiger partial charge >= 0.3 is 0 Å². The first-order valence-electron chi connectivity index (χ1n) is 10.3. The Balaban J connectivity index is 1.51. The Hall–Kier alpha value is -3.12. The van der Waals surface area contributed by atoms with E-state index >= 15 is 0 Å². The largest absolute Gasteiger partial charge is 0.354 e. The number of hydrogen-bond acceptors (Lipinski definition) is 6. The predicted molar refractivity (Wildman–Crippen MR) is 119 cm³/mol. The Morgan fingerprint density at radius 2 is 2.00 bits per heavy atom. The number of carbonyl (C=O) groups excluding carboxylic acids is 1. The van der Waals surface area contributed by atoms with Gasteiger partial charge in [-0.25, -0.2) is 13.4 Å². The topological polar surface area (TPSA) is 97.6 Å². The van der Waals surface area contributed by atoms with E-state index in [1.165, 1.54) is 10.6 Å². The van der Waals surface area contributed by atoms with Crippen LogP contribution in [0.25, 0.3) is 0 Å². The number of fused-ring (bicyclic) bond motifs is 1. The molecule has 1 aromatic heterocycles. The molecule has 0 saturated carbocycles. The Morgan fingerprint density at radius 1 is 1.19 bits per heavy atom. The van der Waals surface area contributed by atoms with E-state index in [1.807, 2.05) is 17.9 Å². The molecule has 1 amide bonds. The first kappa shape index (κ1) is 21.1. The van der Waals surface area contributed by atoms with Crippen LogP contribution in [-0.2, 0) is 16.4 Å². The molecule has 2 aliphatic rings. The molecular weight excluding hydrogens is 414 g/mol. The minimum Gasteiger partial charge on any atom is -0.354 e. The number of amides is 1. The summed E-state index contributed by atoms with van der Waals surface area (Å²) < 4.78 is 25.7. The van der Waals surface area contributed by atoms with E-state index in [9.17, 15) is 18.5 Å². The SMILES string of the molecule is CC1Cc2cc(C(=O)N3CCCN(c4ncccc4C#N)CC3)ccc2N1S(C)(=O)=O. The number of nitriles is 1. The molecule has 2 aliphatic heterocycles.